The summed E-state index contributed by atoms with van der Waals surface area (Å²) in [5, 5.41) is 3.49. The Morgan fingerprint density at radius 1 is 1.17 bits per heavy atom. The molecular weight excluding hydrogens is 278 g/mol. The minimum absolute atomic E-state index is 0.286. The molecule has 2 atom stereocenters. The summed E-state index contributed by atoms with van der Waals surface area (Å²) in [6, 6.07) is 9.11. The van der Waals surface area contributed by atoms with Gasteiger partial charge in [-0.05, 0) is 56.2 Å². The van der Waals surface area contributed by atoms with E-state index >= 15 is 0 Å². The van der Waals surface area contributed by atoms with Gasteiger partial charge in [0, 0.05) is 5.92 Å². The molecule has 1 aliphatic carbocycles. The van der Waals surface area contributed by atoms with E-state index in [4.69, 9.17) is 0 Å². The van der Waals surface area contributed by atoms with Crippen molar-refractivity contribution in [3.63, 3.8) is 0 Å². The first-order chi connectivity index (χ1) is 11.2. The number of nitrogens with one attached hydrogen (secondary N) is 1. The van der Waals surface area contributed by atoms with E-state index in [1.54, 1.807) is 0 Å². The Labute approximate surface area is 139 Å². The van der Waals surface area contributed by atoms with Crippen LogP contribution in [0.1, 0.15) is 31.4 Å². The molecule has 118 valence electrons. The molecule has 0 bridgehead atoms. The predicted octanol–water partition coefficient (Wildman–Crippen LogP) is 5.33. The van der Waals surface area contributed by atoms with E-state index < -0.39 is 0 Å². The Kier molecular flexibility index (Phi) is 4.66. The topological polar surface area (TPSA) is 12.0 Å². The van der Waals surface area contributed by atoms with E-state index in [9.17, 15) is 0 Å². The smallest absolute Gasteiger partial charge is 0.0664 e. The third-order valence-electron chi connectivity index (χ3n) is 4.83. The van der Waals surface area contributed by atoms with Crippen LogP contribution in [0.2, 0.25) is 0 Å². The summed E-state index contributed by atoms with van der Waals surface area (Å²) < 4.78 is 0. The largest absolute Gasteiger partial charge is 0.381 e. The molecule has 0 fully saturated rings. The van der Waals surface area contributed by atoms with Crippen LogP contribution in [0, 0.1) is 12.8 Å². The molecule has 1 heteroatoms. The molecule has 3 rings (SSSR count). The van der Waals surface area contributed by atoms with Crippen LogP contribution in [0.25, 0.3) is 5.57 Å². The van der Waals surface area contributed by atoms with Gasteiger partial charge < -0.3 is 5.32 Å². The van der Waals surface area contributed by atoms with E-state index in [0.29, 0.717) is 5.92 Å². The zero-order chi connectivity index (χ0) is 16.2. The summed E-state index contributed by atoms with van der Waals surface area (Å²) in [6.07, 6.45) is 16.5. The highest BCUT2D eigenvalue weighted by Gasteiger charge is 2.25. The molecule has 0 spiro atoms. The standard InChI is InChI=1S/C22H25N/c1-4-17(3)20-13-12-19(18-10-8-16(2)9-11-18)15-21(20)22-7-5-6-14-23-22/h4-12,14-15,20,22-23H,13H2,1-3H3. The van der Waals surface area contributed by atoms with Crippen LogP contribution in [0.15, 0.2) is 78.1 Å². The normalized spacial score (nSPS) is 24.0. The van der Waals surface area contributed by atoms with Crippen molar-refractivity contribution in [2.45, 2.75) is 33.2 Å². The van der Waals surface area contributed by atoms with Gasteiger partial charge in [-0.3, -0.25) is 0 Å². The van der Waals surface area contributed by atoms with Crippen molar-refractivity contribution in [2.75, 3.05) is 0 Å². The number of hydrogen-bond donors (Lipinski definition) is 1. The third kappa shape index (κ3) is 3.39. The molecule has 0 saturated heterocycles. The van der Waals surface area contributed by atoms with Crippen LogP contribution < -0.4 is 5.32 Å². The molecule has 1 heterocycles. The van der Waals surface area contributed by atoms with Crippen molar-refractivity contribution in [3.8, 4) is 0 Å². The van der Waals surface area contributed by atoms with Crippen LogP contribution in [-0.4, -0.2) is 6.04 Å². The summed E-state index contributed by atoms with van der Waals surface area (Å²) in [4.78, 5) is 0. The van der Waals surface area contributed by atoms with Crippen LogP contribution >= 0.6 is 0 Å². The average Bonchev–Trinajstić information content (AvgIpc) is 2.62. The van der Waals surface area contributed by atoms with Gasteiger partial charge in [-0.15, -0.1) is 0 Å². The van der Waals surface area contributed by atoms with E-state index in [1.807, 2.05) is 12.3 Å². The number of rotatable bonds is 3. The number of dihydropyridines is 1. The number of allylic oxidation sites excluding steroid dienone is 7. The zero-order valence-electron chi connectivity index (χ0n) is 14.2. The molecule has 1 N–H and O–H groups in total. The van der Waals surface area contributed by atoms with Crippen molar-refractivity contribution in [2.24, 2.45) is 5.92 Å². The zero-order valence-corrected chi connectivity index (χ0v) is 14.2. The van der Waals surface area contributed by atoms with Gasteiger partial charge in [0.05, 0.1) is 6.04 Å². The van der Waals surface area contributed by atoms with Gasteiger partial charge in [0.1, 0.15) is 0 Å². The first-order valence-corrected chi connectivity index (χ1v) is 8.40. The molecule has 2 unspecified atom stereocenters. The average molecular weight is 303 g/mol. The number of aryl methyl sites for hydroxylation is 1. The number of benzene rings is 1. The maximum absolute atomic E-state index is 3.49. The van der Waals surface area contributed by atoms with Crippen LogP contribution in [0.3, 0.4) is 0 Å². The molecule has 1 aromatic carbocycles. The minimum atomic E-state index is 0.286. The van der Waals surface area contributed by atoms with Gasteiger partial charge in [-0.1, -0.05) is 65.8 Å². The molecule has 1 aromatic rings. The van der Waals surface area contributed by atoms with Gasteiger partial charge in [-0.25, -0.2) is 0 Å². The second kappa shape index (κ2) is 6.87. The predicted molar refractivity (Wildman–Crippen MR) is 100.0 cm³/mol. The maximum Gasteiger partial charge on any atom is 0.0664 e. The Morgan fingerprint density at radius 3 is 2.61 bits per heavy atom. The Bertz CT molecular complexity index is 711. The molecule has 0 radical (unpaired) electrons. The van der Waals surface area contributed by atoms with Crippen LogP contribution in [0.5, 0.6) is 0 Å². The summed E-state index contributed by atoms with van der Waals surface area (Å²) in [7, 11) is 0. The summed E-state index contributed by atoms with van der Waals surface area (Å²) in [5.41, 5.74) is 6.85. The van der Waals surface area contributed by atoms with Gasteiger partial charge in [-0.2, -0.15) is 0 Å². The van der Waals surface area contributed by atoms with E-state index in [2.05, 4.69) is 80.7 Å². The van der Waals surface area contributed by atoms with Gasteiger partial charge in [0.2, 0.25) is 0 Å². The molecular formula is C22H25N. The second-order valence-corrected chi connectivity index (χ2v) is 6.38. The molecule has 2 aliphatic rings. The summed E-state index contributed by atoms with van der Waals surface area (Å²) in [6.45, 7) is 6.51. The molecule has 1 nitrogen and oxygen atoms in total. The lowest BCUT2D eigenvalue weighted by Crippen LogP contribution is -2.31. The third-order valence-corrected chi connectivity index (χ3v) is 4.83. The van der Waals surface area contributed by atoms with Crippen molar-refractivity contribution < 1.29 is 0 Å². The molecule has 23 heavy (non-hydrogen) atoms. The monoisotopic (exact) mass is 303 g/mol. The quantitative estimate of drug-likeness (QED) is 0.744. The summed E-state index contributed by atoms with van der Waals surface area (Å²) in [5.74, 6) is 0.489. The van der Waals surface area contributed by atoms with Gasteiger partial charge in [0.25, 0.3) is 0 Å². The molecule has 1 aliphatic heterocycles. The lowest BCUT2D eigenvalue weighted by atomic mass is 9.78. The highest BCUT2D eigenvalue weighted by molar-refractivity contribution is 5.76. The van der Waals surface area contributed by atoms with E-state index in [-0.39, 0.29) is 6.04 Å². The van der Waals surface area contributed by atoms with E-state index in [1.165, 1.54) is 27.8 Å². The first kappa shape index (κ1) is 15.6. The molecule has 0 aromatic heterocycles. The minimum Gasteiger partial charge on any atom is -0.381 e. The van der Waals surface area contributed by atoms with Crippen LogP contribution in [0.4, 0.5) is 0 Å². The second-order valence-electron chi connectivity index (χ2n) is 6.38. The van der Waals surface area contributed by atoms with Crippen molar-refractivity contribution in [3.05, 3.63) is 89.2 Å². The summed E-state index contributed by atoms with van der Waals surface area (Å²) >= 11 is 0. The van der Waals surface area contributed by atoms with E-state index in [0.717, 1.165) is 6.42 Å². The Morgan fingerprint density at radius 2 is 1.96 bits per heavy atom. The first-order valence-electron chi connectivity index (χ1n) is 8.40. The fourth-order valence-corrected chi connectivity index (χ4v) is 3.28. The maximum atomic E-state index is 3.49. The molecule has 0 amide bonds. The fourth-order valence-electron chi connectivity index (χ4n) is 3.28. The SMILES string of the molecule is CC=C(C)C1CC=C(c2ccc(C)cc2)C=C1C1C=CC=CN1. The van der Waals surface area contributed by atoms with Crippen molar-refractivity contribution in [1.82, 2.24) is 5.32 Å². The van der Waals surface area contributed by atoms with Crippen molar-refractivity contribution in [1.29, 1.82) is 0 Å². The fraction of sp³-hybridized carbons (Fsp3) is 0.273. The highest BCUT2D eigenvalue weighted by Crippen LogP contribution is 2.36. The Balaban J connectivity index is 1.96. The lowest BCUT2D eigenvalue weighted by molar-refractivity contribution is 0.629. The van der Waals surface area contributed by atoms with Crippen LogP contribution in [-0.2, 0) is 0 Å². The van der Waals surface area contributed by atoms with Gasteiger partial charge >= 0.3 is 0 Å². The van der Waals surface area contributed by atoms with Gasteiger partial charge in [0.15, 0.2) is 0 Å². The Hall–Kier alpha value is -2.28. The number of hydrogen-bond acceptors (Lipinski definition) is 1. The highest BCUT2D eigenvalue weighted by atomic mass is 14.9. The van der Waals surface area contributed by atoms with Crippen molar-refractivity contribution >= 4 is 5.57 Å². The lowest BCUT2D eigenvalue weighted by Gasteiger charge is -2.30. The molecule has 0 saturated carbocycles.